The predicted molar refractivity (Wildman–Crippen MR) is 112 cm³/mol. The van der Waals surface area contributed by atoms with Crippen LogP contribution in [0.5, 0.6) is 0 Å². The first-order valence-corrected chi connectivity index (χ1v) is 10.0. The Morgan fingerprint density at radius 2 is 1.96 bits per heavy atom. The van der Waals surface area contributed by atoms with Gasteiger partial charge in [-0.1, -0.05) is 24.3 Å². The summed E-state index contributed by atoms with van der Waals surface area (Å²) in [6, 6.07) is 16.0. The second-order valence-electron chi connectivity index (χ2n) is 7.29. The van der Waals surface area contributed by atoms with Crippen LogP contribution in [-0.2, 0) is 11.3 Å². The highest BCUT2D eigenvalue weighted by Crippen LogP contribution is 2.16. The fraction of sp³-hybridized carbons (Fsp3) is 0.391. The maximum absolute atomic E-state index is 12.4. The molecule has 1 N–H and O–H groups in total. The van der Waals surface area contributed by atoms with Gasteiger partial charge in [-0.25, -0.2) is 0 Å². The number of nitrogens with zero attached hydrogens (tertiary/aromatic N) is 2. The molecule has 1 fully saturated rings. The molecule has 3 rings (SSSR count). The Balaban J connectivity index is 1.49. The molecule has 2 aromatic carbocycles. The Labute approximate surface area is 167 Å². The summed E-state index contributed by atoms with van der Waals surface area (Å²) in [7, 11) is 0. The summed E-state index contributed by atoms with van der Waals surface area (Å²) in [6.07, 6.45) is 1.59. The Hall–Kier alpha value is -2.82. The number of likely N-dealkylation sites (tertiary alicyclic amines) is 1. The van der Waals surface area contributed by atoms with E-state index in [1.165, 1.54) is 11.3 Å². The number of nitrogens with one attached hydrogen (secondary N) is 1. The van der Waals surface area contributed by atoms with Crippen LogP contribution in [-0.4, -0.2) is 42.9 Å². The number of benzene rings is 2. The van der Waals surface area contributed by atoms with Gasteiger partial charge in [0.05, 0.1) is 0 Å². The highest BCUT2D eigenvalue weighted by Gasteiger charge is 2.20. The minimum atomic E-state index is -0.0657. The molecule has 0 saturated carbocycles. The molecular formula is C23H29N3O2. The molecule has 28 heavy (non-hydrogen) atoms. The molecule has 5 nitrogen and oxygen atoms in total. The van der Waals surface area contributed by atoms with Gasteiger partial charge in [-0.3, -0.25) is 9.59 Å². The average Bonchev–Trinajstić information content (AvgIpc) is 3.10. The topological polar surface area (TPSA) is 52.7 Å². The first kappa shape index (κ1) is 19.9. The second-order valence-corrected chi connectivity index (χ2v) is 7.29. The third-order valence-electron chi connectivity index (χ3n) is 5.18. The lowest BCUT2D eigenvalue weighted by Crippen LogP contribution is -2.35. The van der Waals surface area contributed by atoms with Crippen LogP contribution in [0.2, 0.25) is 0 Å². The van der Waals surface area contributed by atoms with E-state index in [-0.39, 0.29) is 11.8 Å². The zero-order valence-electron chi connectivity index (χ0n) is 16.8. The van der Waals surface area contributed by atoms with Gasteiger partial charge in [0.2, 0.25) is 5.91 Å². The first-order chi connectivity index (χ1) is 13.6. The molecule has 148 valence electrons. The molecule has 0 radical (unpaired) electrons. The van der Waals surface area contributed by atoms with E-state index in [1.807, 2.05) is 29.2 Å². The summed E-state index contributed by atoms with van der Waals surface area (Å²) >= 11 is 0. The Kier molecular flexibility index (Phi) is 6.69. The standard InChI is InChI=1S/C23H29N3O2/c1-3-25(21-7-4-6-18(2)16-21)15-13-24-23(28)20-11-9-19(10-12-20)17-26-14-5-8-22(26)27/h4,6-7,9-12,16H,3,5,8,13-15,17H2,1-2H3,(H,24,28). The first-order valence-electron chi connectivity index (χ1n) is 10.0. The van der Waals surface area contributed by atoms with Crippen molar-refractivity contribution in [1.82, 2.24) is 10.2 Å². The van der Waals surface area contributed by atoms with Gasteiger partial charge in [-0.05, 0) is 55.7 Å². The van der Waals surface area contributed by atoms with E-state index >= 15 is 0 Å². The van der Waals surface area contributed by atoms with Crippen LogP contribution in [0.25, 0.3) is 0 Å². The number of carbonyl (C=O) groups excluding carboxylic acids is 2. The third-order valence-corrected chi connectivity index (χ3v) is 5.18. The summed E-state index contributed by atoms with van der Waals surface area (Å²) in [5.41, 5.74) is 4.12. The molecule has 0 unspecified atom stereocenters. The molecule has 0 atom stereocenters. The second kappa shape index (κ2) is 9.40. The molecule has 2 aromatic rings. The van der Waals surface area contributed by atoms with Gasteiger partial charge in [-0.2, -0.15) is 0 Å². The average molecular weight is 380 g/mol. The largest absolute Gasteiger partial charge is 0.370 e. The number of anilines is 1. The molecule has 0 aliphatic carbocycles. The number of likely N-dealkylation sites (N-methyl/N-ethyl adjacent to an activating group) is 1. The number of hydrogen-bond donors (Lipinski definition) is 1. The van der Waals surface area contributed by atoms with Crippen LogP contribution >= 0.6 is 0 Å². The smallest absolute Gasteiger partial charge is 0.251 e. The van der Waals surface area contributed by atoms with Crippen LogP contribution in [0.15, 0.2) is 48.5 Å². The zero-order valence-corrected chi connectivity index (χ0v) is 16.8. The van der Waals surface area contributed by atoms with E-state index in [0.29, 0.717) is 25.1 Å². The fourth-order valence-corrected chi connectivity index (χ4v) is 3.55. The quantitative estimate of drug-likeness (QED) is 0.765. The molecule has 0 bridgehead atoms. The number of hydrogen-bond acceptors (Lipinski definition) is 3. The van der Waals surface area contributed by atoms with Crippen molar-refractivity contribution >= 4 is 17.5 Å². The van der Waals surface area contributed by atoms with Crippen LogP contribution < -0.4 is 10.2 Å². The van der Waals surface area contributed by atoms with E-state index in [2.05, 4.69) is 48.3 Å². The van der Waals surface area contributed by atoms with Crippen molar-refractivity contribution in [1.29, 1.82) is 0 Å². The zero-order chi connectivity index (χ0) is 19.9. The van der Waals surface area contributed by atoms with Crippen molar-refractivity contribution in [3.05, 3.63) is 65.2 Å². The molecule has 0 spiro atoms. The number of carbonyl (C=O) groups is 2. The van der Waals surface area contributed by atoms with Gasteiger partial charge in [0.15, 0.2) is 0 Å². The normalized spacial score (nSPS) is 13.6. The summed E-state index contributed by atoms with van der Waals surface area (Å²) in [5.74, 6) is 0.153. The van der Waals surface area contributed by atoms with E-state index in [1.54, 1.807) is 0 Å². The van der Waals surface area contributed by atoms with Crippen LogP contribution in [0.1, 0.15) is 41.3 Å². The molecule has 2 amide bonds. The van der Waals surface area contributed by atoms with Crippen LogP contribution in [0.4, 0.5) is 5.69 Å². The lowest BCUT2D eigenvalue weighted by atomic mass is 10.1. The van der Waals surface area contributed by atoms with Crippen molar-refractivity contribution in [3.8, 4) is 0 Å². The summed E-state index contributed by atoms with van der Waals surface area (Å²) in [6.45, 7) is 7.91. The minimum absolute atomic E-state index is 0.0657. The molecular weight excluding hydrogens is 350 g/mol. The van der Waals surface area contributed by atoms with Gasteiger partial charge in [0, 0.05) is 50.4 Å². The number of rotatable bonds is 8. The maximum atomic E-state index is 12.4. The highest BCUT2D eigenvalue weighted by atomic mass is 16.2. The van der Waals surface area contributed by atoms with Gasteiger partial charge in [-0.15, -0.1) is 0 Å². The molecule has 1 heterocycles. The Morgan fingerprint density at radius 3 is 2.61 bits per heavy atom. The van der Waals surface area contributed by atoms with Crippen LogP contribution in [0.3, 0.4) is 0 Å². The highest BCUT2D eigenvalue weighted by molar-refractivity contribution is 5.94. The molecule has 1 saturated heterocycles. The maximum Gasteiger partial charge on any atom is 0.251 e. The Morgan fingerprint density at radius 1 is 1.18 bits per heavy atom. The summed E-state index contributed by atoms with van der Waals surface area (Å²) in [4.78, 5) is 28.3. The van der Waals surface area contributed by atoms with Crippen molar-refractivity contribution in [3.63, 3.8) is 0 Å². The van der Waals surface area contributed by atoms with Gasteiger partial charge >= 0.3 is 0 Å². The van der Waals surface area contributed by atoms with Gasteiger partial charge in [0.1, 0.15) is 0 Å². The van der Waals surface area contributed by atoms with Crippen molar-refractivity contribution in [2.45, 2.75) is 33.2 Å². The van der Waals surface area contributed by atoms with E-state index in [4.69, 9.17) is 0 Å². The van der Waals surface area contributed by atoms with Crippen molar-refractivity contribution in [2.24, 2.45) is 0 Å². The monoisotopic (exact) mass is 379 g/mol. The molecule has 5 heteroatoms. The summed E-state index contributed by atoms with van der Waals surface area (Å²) in [5, 5.41) is 3.00. The van der Waals surface area contributed by atoms with Gasteiger partial charge in [0.25, 0.3) is 5.91 Å². The SMILES string of the molecule is CCN(CCNC(=O)c1ccc(CN2CCCC2=O)cc1)c1cccc(C)c1. The third kappa shape index (κ3) is 5.12. The lowest BCUT2D eigenvalue weighted by molar-refractivity contribution is -0.128. The summed E-state index contributed by atoms with van der Waals surface area (Å²) < 4.78 is 0. The number of amides is 2. The van der Waals surface area contributed by atoms with E-state index < -0.39 is 0 Å². The number of aryl methyl sites for hydroxylation is 1. The van der Waals surface area contributed by atoms with Gasteiger partial charge < -0.3 is 15.1 Å². The van der Waals surface area contributed by atoms with E-state index in [0.717, 1.165) is 31.6 Å². The predicted octanol–water partition coefficient (Wildman–Crippen LogP) is 3.37. The molecule has 1 aliphatic rings. The lowest BCUT2D eigenvalue weighted by Gasteiger charge is -2.23. The molecule has 1 aliphatic heterocycles. The van der Waals surface area contributed by atoms with Crippen molar-refractivity contribution < 1.29 is 9.59 Å². The fourth-order valence-electron chi connectivity index (χ4n) is 3.55. The van der Waals surface area contributed by atoms with Crippen molar-refractivity contribution in [2.75, 3.05) is 31.1 Å². The molecule has 0 aromatic heterocycles. The van der Waals surface area contributed by atoms with Crippen LogP contribution in [0, 0.1) is 6.92 Å². The minimum Gasteiger partial charge on any atom is -0.370 e. The van der Waals surface area contributed by atoms with E-state index in [9.17, 15) is 9.59 Å². The Bertz CT molecular complexity index is 817.